The summed E-state index contributed by atoms with van der Waals surface area (Å²) in [5, 5.41) is 4.91. The van der Waals surface area contributed by atoms with Gasteiger partial charge in [-0.1, -0.05) is 42.5 Å². The molecule has 29 heavy (non-hydrogen) atoms. The fraction of sp³-hybridized carbons (Fsp3) is 0.217. The third-order valence-electron chi connectivity index (χ3n) is 4.89. The number of carbonyl (C=O) groups excluding carboxylic acids is 2. The van der Waals surface area contributed by atoms with Crippen molar-refractivity contribution in [2.75, 3.05) is 29.9 Å². The summed E-state index contributed by atoms with van der Waals surface area (Å²) in [5.74, 6) is 2.09. The number of anilines is 1. The molecule has 6 heteroatoms. The van der Waals surface area contributed by atoms with Crippen molar-refractivity contribution in [2.24, 2.45) is 0 Å². The van der Waals surface area contributed by atoms with Gasteiger partial charge in [0.15, 0.2) is 0 Å². The second kappa shape index (κ2) is 9.29. The second-order valence-electron chi connectivity index (χ2n) is 6.85. The number of hydrogen-bond acceptors (Lipinski definition) is 4. The maximum Gasteiger partial charge on any atom is 0.266 e. The highest BCUT2D eigenvalue weighted by atomic mass is 32.2. The number of nitrogens with zero attached hydrogens (tertiary/aromatic N) is 1. The standard InChI is InChI=1S/C23H22N2O2S2/c26-21(25-11-14-28-15-12-25)16-17-6-8-19(9-7-17)24-23(27)22-20(10-13-29-22)18-4-2-1-3-5-18/h1-10,13H,11-12,14-16H2,(H,24,27). The summed E-state index contributed by atoms with van der Waals surface area (Å²) in [6.07, 6.45) is 0.405. The van der Waals surface area contributed by atoms with Gasteiger partial charge in [0.05, 0.1) is 11.3 Å². The normalized spacial score (nSPS) is 13.9. The Morgan fingerprint density at radius 3 is 2.38 bits per heavy atom. The monoisotopic (exact) mass is 422 g/mol. The minimum Gasteiger partial charge on any atom is -0.341 e. The van der Waals surface area contributed by atoms with Crippen LogP contribution in [-0.4, -0.2) is 41.3 Å². The van der Waals surface area contributed by atoms with Crippen LogP contribution in [0.5, 0.6) is 0 Å². The third-order valence-corrected chi connectivity index (χ3v) is 6.74. The van der Waals surface area contributed by atoms with Crippen molar-refractivity contribution in [2.45, 2.75) is 6.42 Å². The lowest BCUT2D eigenvalue weighted by Crippen LogP contribution is -2.38. The Hall–Kier alpha value is -2.57. The number of rotatable bonds is 5. The lowest BCUT2D eigenvalue weighted by atomic mass is 10.1. The van der Waals surface area contributed by atoms with Crippen LogP contribution in [0.2, 0.25) is 0 Å². The molecule has 4 rings (SSSR count). The maximum absolute atomic E-state index is 12.8. The molecule has 0 atom stereocenters. The van der Waals surface area contributed by atoms with Gasteiger partial charge in [-0.2, -0.15) is 11.8 Å². The van der Waals surface area contributed by atoms with Crippen LogP contribution in [0.1, 0.15) is 15.2 Å². The summed E-state index contributed by atoms with van der Waals surface area (Å²) in [6.45, 7) is 1.67. The SMILES string of the molecule is O=C(Nc1ccc(CC(=O)N2CCSCC2)cc1)c1sccc1-c1ccccc1. The maximum atomic E-state index is 12.8. The van der Waals surface area contributed by atoms with Crippen LogP contribution in [-0.2, 0) is 11.2 Å². The highest BCUT2D eigenvalue weighted by Gasteiger charge is 2.17. The summed E-state index contributed by atoms with van der Waals surface area (Å²) in [5.41, 5.74) is 3.67. The van der Waals surface area contributed by atoms with E-state index in [2.05, 4.69) is 5.32 Å². The van der Waals surface area contributed by atoms with Crippen LogP contribution in [0.3, 0.4) is 0 Å². The Morgan fingerprint density at radius 2 is 1.66 bits per heavy atom. The van der Waals surface area contributed by atoms with Crippen molar-refractivity contribution in [3.05, 3.63) is 76.5 Å². The van der Waals surface area contributed by atoms with Gasteiger partial charge < -0.3 is 10.2 Å². The lowest BCUT2D eigenvalue weighted by molar-refractivity contribution is -0.130. The molecule has 0 bridgehead atoms. The molecule has 148 valence electrons. The van der Waals surface area contributed by atoms with Crippen LogP contribution >= 0.6 is 23.1 Å². The number of hydrogen-bond donors (Lipinski definition) is 1. The zero-order valence-corrected chi connectivity index (χ0v) is 17.6. The number of thiophene rings is 1. The molecule has 1 N–H and O–H groups in total. The Kier molecular flexibility index (Phi) is 6.32. The van der Waals surface area contributed by atoms with Crippen molar-refractivity contribution in [1.82, 2.24) is 4.90 Å². The molecule has 0 spiro atoms. The first-order chi connectivity index (χ1) is 14.2. The van der Waals surface area contributed by atoms with E-state index in [-0.39, 0.29) is 11.8 Å². The first kappa shape index (κ1) is 19.7. The quantitative estimate of drug-likeness (QED) is 0.643. The fourth-order valence-electron chi connectivity index (χ4n) is 3.32. The minimum atomic E-state index is -0.117. The second-order valence-corrected chi connectivity index (χ2v) is 8.99. The van der Waals surface area contributed by atoms with Crippen molar-refractivity contribution >= 4 is 40.6 Å². The average Bonchev–Trinajstić information content (AvgIpc) is 3.26. The average molecular weight is 423 g/mol. The molecule has 0 radical (unpaired) electrons. The van der Waals surface area contributed by atoms with Crippen LogP contribution in [0.25, 0.3) is 11.1 Å². The van der Waals surface area contributed by atoms with Gasteiger partial charge in [0.25, 0.3) is 5.91 Å². The van der Waals surface area contributed by atoms with Gasteiger partial charge in [-0.25, -0.2) is 0 Å². The summed E-state index contributed by atoms with van der Waals surface area (Å²) < 4.78 is 0. The van der Waals surface area contributed by atoms with Crippen LogP contribution in [0, 0.1) is 0 Å². The van der Waals surface area contributed by atoms with E-state index in [1.54, 1.807) is 0 Å². The molecule has 4 nitrogen and oxygen atoms in total. The summed E-state index contributed by atoms with van der Waals surface area (Å²) in [6, 6.07) is 19.4. The third kappa shape index (κ3) is 4.89. The first-order valence-corrected chi connectivity index (χ1v) is 11.6. The minimum absolute atomic E-state index is 0.117. The molecule has 2 amide bonds. The predicted octanol–water partition coefficient (Wildman–Crippen LogP) is 4.79. The number of amides is 2. The summed E-state index contributed by atoms with van der Waals surface area (Å²) in [7, 11) is 0. The molecule has 1 fully saturated rings. The number of nitrogens with one attached hydrogen (secondary N) is 1. The van der Waals surface area contributed by atoms with E-state index in [0.29, 0.717) is 11.3 Å². The van der Waals surface area contributed by atoms with Gasteiger partial charge in [-0.15, -0.1) is 11.3 Å². The van der Waals surface area contributed by atoms with Crippen molar-refractivity contribution in [1.29, 1.82) is 0 Å². The fourth-order valence-corrected chi connectivity index (χ4v) is 5.04. The molecule has 0 aliphatic carbocycles. The van der Waals surface area contributed by atoms with Crippen LogP contribution in [0.15, 0.2) is 66.0 Å². The molecule has 1 aromatic heterocycles. The predicted molar refractivity (Wildman–Crippen MR) is 122 cm³/mol. The van der Waals surface area contributed by atoms with Crippen molar-refractivity contribution in [3.8, 4) is 11.1 Å². The van der Waals surface area contributed by atoms with Crippen LogP contribution < -0.4 is 5.32 Å². The molecule has 2 heterocycles. The van der Waals surface area contributed by atoms with E-state index in [4.69, 9.17) is 0 Å². The molecule has 1 aliphatic rings. The molecule has 0 saturated carbocycles. The molecular weight excluding hydrogens is 400 g/mol. The Morgan fingerprint density at radius 1 is 0.931 bits per heavy atom. The van der Waals surface area contributed by atoms with E-state index in [1.807, 2.05) is 82.7 Å². The number of carbonyl (C=O) groups is 2. The van der Waals surface area contributed by atoms with Gasteiger partial charge >= 0.3 is 0 Å². The van der Waals surface area contributed by atoms with E-state index < -0.39 is 0 Å². The number of thioether (sulfide) groups is 1. The van der Waals surface area contributed by atoms with Crippen LogP contribution in [0.4, 0.5) is 5.69 Å². The van der Waals surface area contributed by atoms with E-state index in [0.717, 1.165) is 47.0 Å². The highest BCUT2D eigenvalue weighted by molar-refractivity contribution is 7.99. The van der Waals surface area contributed by atoms with Gasteiger partial charge in [0.2, 0.25) is 5.91 Å². The van der Waals surface area contributed by atoms with E-state index in [9.17, 15) is 9.59 Å². The summed E-state index contributed by atoms with van der Waals surface area (Å²) >= 11 is 3.33. The Balaban J connectivity index is 1.40. The Bertz CT molecular complexity index is 978. The topological polar surface area (TPSA) is 49.4 Å². The van der Waals surface area contributed by atoms with Gasteiger partial charge in [-0.3, -0.25) is 9.59 Å². The highest BCUT2D eigenvalue weighted by Crippen LogP contribution is 2.29. The lowest BCUT2D eigenvalue weighted by Gasteiger charge is -2.26. The molecule has 0 unspecified atom stereocenters. The van der Waals surface area contributed by atoms with Crippen molar-refractivity contribution in [3.63, 3.8) is 0 Å². The summed E-state index contributed by atoms with van der Waals surface area (Å²) in [4.78, 5) is 27.8. The number of benzene rings is 2. The van der Waals surface area contributed by atoms with Gasteiger partial charge in [0.1, 0.15) is 0 Å². The molecular formula is C23H22N2O2S2. The molecule has 2 aromatic carbocycles. The first-order valence-electron chi connectivity index (χ1n) is 9.59. The molecule has 1 saturated heterocycles. The smallest absolute Gasteiger partial charge is 0.266 e. The molecule has 3 aromatic rings. The Labute approximate surface area is 178 Å². The van der Waals surface area contributed by atoms with E-state index >= 15 is 0 Å². The van der Waals surface area contributed by atoms with Crippen molar-refractivity contribution < 1.29 is 9.59 Å². The van der Waals surface area contributed by atoms with E-state index in [1.165, 1.54) is 11.3 Å². The largest absolute Gasteiger partial charge is 0.341 e. The van der Waals surface area contributed by atoms with Gasteiger partial charge in [0, 0.05) is 35.8 Å². The molecule has 1 aliphatic heterocycles. The van der Waals surface area contributed by atoms with Gasteiger partial charge in [-0.05, 0) is 34.7 Å². The zero-order chi connectivity index (χ0) is 20.1. The zero-order valence-electron chi connectivity index (χ0n) is 16.0.